The van der Waals surface area contributed by atoms with E-state index in [4.69, 9.17) is 4.74 Å². The van der Waals surface area contributed by atoms with Crippen molar-refractivity contribution in [3.8, 4) is 0 Å². The average Bonchev–Trinajstić information content (AvgIpc) is 3.51. The normalized spacial score (nSPS) is 26.8. The maximum atomic E-state index is 14.0. The van der Waals surface area contributed by atoms with Gasteiger partial charge in [-0.05, 0) is 43.4 Å². The molecule has 4 rings (SSSR count). The maximum Gasteiger partial charge on any atom is 0.191 e. The molecule has 2 aliphatic rings. The van der Waals surface area contributed by atoms with E-state index in [9.17, 15) is 4.39 Å². The molecule has 0 bridgehead atoms. The first-order valence-electron chi connectivity index (χ1n) is 10.6. The minimum atomic E-state index is -0.120. The van der Waals surface area contributed by atoms with Gasteiger partial charge in [0.05, 0.1) is 6.10 Å². The molecule has 5 heteroatoms. The second kappa shape index (κ2) is 8.95. The van der Waals surface area contributed by atoms with Crippen LogP contribution in [0.15, 0.2) is 53.5 Å². The topological polar surface area (TPSA) is 45.7 Å². The Morgan fingerprint density at radius 2 is 1.97 bits per heavy atom. The summed E-state index contributed by atoms with van der Waals surface area (Å²) in [5.74, 6) is 1.27. The van der Waals surface area contributed by atoms with Crippen molar-refractivity contribution in [2.75, 3.05) is 20.2 Å². The average molecular weight is 396 g/mol. The fourth-order valence-electron chi connectivity index (χ4n) is 4.25. The minimum Gasteiger partial charge on any atom is -0.373 e. The quantitative estimate of drug-likeness (QED) is 0.585. The Labute approximate surface area is 172 Å². The highest BCUT2D eigenvalue weighted by Gasteiger charge is 2.40. The molecular weight excluding hydrogens is 365 g/mol. The van der Waals surface area contributed by atoms with E-state index in [-0.39, 0.29) is 23.9 Å². The summed E-state index contributed by atoms with van der Waals surface area (Å²) in [6, 6.07) is 15.9. The lowest BCUT2D eigenvalue weighted by Crippen LogP contribution is -2.43. The van der Waals surface area contributed by atoms with Crippen LogP contribution in [0.1, 0.15) is 48.0 Å². The van der Waals surface area contributed by atoms with Gasteiger partial charge in [-0.2, -0.15) is 0 Å². The molecule has 0 amide bonds. The third-order valence-corrected chi connectivity index (χ3v) is 6.02. The fraction of sp³-hybridized carbons (Fsp3) is 0.458. The number of nitrogens with one attached hydrogen (secondary N) is 2. The van der Waals surface area contributed by atoms with E-state index in [1.165, 1.54) is 17.2 Å². The van der Waals surface area contributed by atoms with Crippen LogP contribution in [0.4, 0.5) is 4.39 Å². The summed E-state index contributed by atoms with van der Waals surface area (Å²) in [5.41, 5.74) is 3.30. The van der Waals surface area contributed by atoms with Crippen molar-refractivity contribution >= 4 is 5.96 Å². The zero-order valence-electron chi connectivity index (χ0n) is 17.2. The Hall–Kier alpha value is -2.40. The lowest BCUT2D eigenvalue weighted by molar-refractivity contribution is -0.0265. The molecule has 1 saturated carbocycles. The third kappa shape index (κ3) is 4.78. The van der Waals surface area contributed by atoms with E-state index >= 15 is 0 Å². The number of benzene rings is 2. The predicted molar refractivity (Wildman–Crippen MR) is 115 cm³/mol. The van der Waals surface area contributed by atoms with Gasteiger partial charge in [0.25, 0.3) is 0 Å². The van der Waals surface area contributed by atoms with Crippen LogP contribution in [-0.2, 0) is 4.74 Å². The molecule has 2 fully saturated rings. The predicted octanol–water partition coefficient (Wildman–Crippen LogP) is 4.32. The molecule has 154 valence electrons. The van der Waals surface area contributed by atoms with E-state index in [2.05, 4.69) is 46.8 Å². The van der Waals surface area contributed by atoms with Gasteiger partial charge in [0, 0.05) is 38.1 Å². The van der Waals surface area contributed by atoms with Gasteiger partial charge >= 0.3 is 0 Å². The monoisotopic (exact) mass is 395 g/mol. The minimum absolute atomic E-state index is 0.113. The Bertz CT molecular complexity index is 851. The summed E-state index contributed by atoms with van der Waals surface area (Å²) in [6.45, 7) is 3.72. The first-order valence-corrected chi connectivity index (χ1v) is 10.6. The molecule has 0 radical (unpaired) electrons. The first kappa shape index (κ1) is 19.9. The molecule has 4 nitrogen and oxygen atoms in total. The summed E-state index contributed by atoms with van der Waals surface area (Å²) < 4.78 is 20.1. The first-order chi connectivity index (χ1) is 14.2. The Morgan fingerprint density at radius 1 is 1.17 bits per heavy atom. The standard InChI is InChI=1S/C24H30FN3O/c1-16-9-11-17(12-10-16)23-18(6-5-13-29-23)15-27-24(26-2)28-22-14-20(22)19-7-3-4-8-21(19)25/h3-4,7-12,18,20,22-23H,5-6,13-15H2,1-2H3,(H2,26,27,28). The molecule has 1 aliphatic carbocycles. The number of aryl methyl sites for hydroxylation is 1. The van der Waals surface area contributed by atoms with Crippen LogP contribution in [0.2, 0.25) is 0 Å². The van der Waals surface area contributed by atoms with Crippen LogP contribution < -0.4 is 10.6 Å². The zero-order chi connectivity index (χ0) is 20.2. The number of nitrogens with zero attached hydrogens (tertiary/aromatic N) is 1. The Morgan fingerprint density at radius 3 is 2.72 bits per heavy atom. The molecule has 4 atom stereocenters. The van der Waals surface area contributed by atoms with Crippen LogP contribution >= 0.6 is 0 Å². The molecule has 2 N–H and O–H groups in total. The van der Waals surface area contributed by atoms with E-state index in [0.717, 1.165) is 43.9 Å². The summed E-state index contributed by atoms with van der Waals surface area (Å²) in [5, 5.41) is 6.92. The van der Waals surface area contributed by atoms with E-state index in [1.54, 1.807) is 13.1 Å². The number of hydrogen-bond acceptors (Lipinski definition) is 2. The van der Waals surface area contributed by atoms with E-state index < -0.39 is 0 Å². The second-order valence-corrected chi connectivity index (χ2v) is 8.17. The van der Waals surface area contributed by atoms with Gasteiger partial charge in [0.2, 0.25) is 0 Å². The second-order valence-electron chi connectivity index (χ2n) is 8.17. The van der Waals surface area contributed by atoms with Crippen molar-refractivity contribution in [1.29, 1.82) is 0 Å². The van der Waals surface area contributed by atoms with Crippen LogP contribution in [0.3, 0.4) is 0 Å². The van der Waals surface area contributed by atoms with Crippen molar-refractivity contribution in [2.24, 2.45) is 10.9 Å². The third-order valence-electron chi connectivity index (χ3n) is 6.02. The summed E-state index contributed by atoms with van der Waals surface area (Å²) in [7, 11) is 1.78. The van der Waals surface area contributed by atoms with Gasteiger partial charge in [0.15, 0.2) is 5.96 Å². The molecule has 1 aliphatic heterocycles. The maximum absolute atomic E-state index is 14.0. The molecule has 1 heterocycles. The van der Waals surface area contributed by atoms with Gasteiger partial charge < -0.3 is 15.4 Å². The molecule has 0 spiro atoms. The molecular formula is C24H30FN3O. The molecule has 2 aromatic rings. The molecule has 29 heavy (non-hydrogen) atoms. The zero-order valence-corrected chi connectivity index (χ0v) is 17.2. The van der Waals surface area contributed by atoms with E-state index in [1.807, 2.05) is 12.1 Å². The lowest BCUT2D eigenvalue weighted by atomic mass is 9.89. The van der Waals surface area contributed by atoms with Gasteiger partial charge in [-0.25, -0.2) is 4.39 Å². The van der Waals surface area contributed by atoms with Gasteiger partial charge in [-0.15, -0.1) is 0 Å². The van der Waals surface area contributed by atoms with Gasteiger partial charge in [-0.3, -0.25) is 4.99 Å². The summed E-state index contributed by atoms with van der Waals surface area (Å²) in [4.78, 5) is 4.37. The van der Waals surface area contributed by atoms with Crippen molar-refractivity contribution < 1.29 is 9.13 Å². The van der Waals surface area contributed by atoms with Crippen LogP contribution in [0, 0.1) is 18.7 Å². The number of hydrogen-bond donors (Lipinski definition) is 2. The Balaban J connectivity index is 1.33. The highest BCUT2D eigenvalue weighted by atomic mass is 19.1. The fourth-order valence-corrected chi connectivity index (χ4v) is 4.25. The SMILES string of the molecule is CN=C(NCC1CCCOC1c1ccc(C)cc1)NC1CC1c1ccccc1F. The number of guanidine groups is 1. The van der Waals surface area contributed by atoms with Crippen molar-refractivity contribution in [1.82, 2.24) is 10.6 Å². The summed E-state index contributed by atoms with van der Waals surface area (Å²) in [6.07, 6.45) is 3.25. The number of halogens is 1. The highest BCUT2D eigenvalue weighted by molar-refractivity contribution is 5.80. The number of rotatable bonds is 5. The molecule has 4 unspecified atom stereocenters. The number of ether oxygens (including phenoxy) is 1. The highest BCUT2D eigenvalue weighted by Crippen LogP contribution is 2.41. The van der Waals surface area contributed by atoms with Crippen LogP contribution in [0.25, 0.3) is 0 Å². The number of aliphatic imine (C=N–C) groups is 1. The lowest BCUT2D eigenvalue weighted by Gasteiger charge is -2.32. The summed E-state index contributed by atoms with van der Waals surface area (Å²) >= 11 is 0. The van der Waals surface area contributed by atoms with Crippen LogP contribution in [0.5, 0.6) is 0 Å². The molecule has 1 saturated heterocycles. The van der Waals surface area contributed by atoms with Gasteiger partial charge in [-0.1, -0.05) is 48.0 Å². The van der Waals surface area contributed by atoms with Crippen molar-refractivity contribution in [3.05, 3.63) is 71.0 Å². The molecule has 2 aromatic carbocycles. The van der Waals surface area contributed by atoms with Gasteiger partial charge in [0.1, 0.15) is 5.82 Å². The largest absolute Gasteiger partial charge is 0.373 e. The Kier molecular flexibility index (Phi) is 6.14. The van der Waals surface area contributed by atoms with Crippen LogP contribution in [-0.4, -0.2) is 32.2 Å². The van der Waals surface area contributed by atoms with E-state index in [0.29, 0.717) is 5.92 Å². The molecule has 0 aromatic heterocycles. The van der Waals surface area contributed by atoms with Crippen molar-refractivity contribution in [3.63, 3.8) is 0 Å². The smallest absolute Gasteiger partial charge is 0.191 e. The van der Waals surface area contributed by atoms with Crippen molar-refractivity contribution in [2.45, 2.75) is 44.2 Å².